The molecule has 2 aliphatic rings. The summed E-state index contributed by atoms with van der Waals surface area (Å²) in [7, 11) is 0. The molecule has 64 heavy (non-hydrogen) atoms. The summed E-state index contributed by atoms with van der Waals surface area (Å²) < 4.78 is 13.5. The van der Waals surface area contributed by atoms with Crippen molar-refractivity contribution in [1.29, 1.82) is 0 Å². The van der Waals surface area contributed by atoms with Crippen LogP contribution < -0.4 is 9.30 Å². The minimum Gasteiger partial charge on any atom is -0.458 e. The van der Waals surface area contributed by atoms with E-state index in [0.717, 1.165) is 62.6 Å². The Labute approximate surface area is 374 Å². The van der Waals surface area contributed by atoms with Gasteiger partial charge >= 0.3 is 0 Å². The number of pyridine rings is 1. The third-order valence-corrected chi connectivity index (χ3v) is 13.9. The van der Waals surface area contributed by atoms with Crippen LogP contribution in [-0.2, 0) is 16.2 Å². The van der Waals surface area contributed by atoms with Crippen molar-refractivity contribution in [3.8, 4) is 62.1 Å². The standard InChI is InChI=1S/C59H50N4O/c1-57(2,3)37-30-31-60-53(32-37)63-50-24-13-11-19-42(50)44-27-26-40(34-52(44)63)64-39-17-14-16-38(33-39)61-36-62-49-23-12-10-20-43(49)46-28-29-48-55(59(6,7)35-58(48,4)5)54(46)45-21-9-8-18-41(45)47-22-15-25-51(61)56(47)62/h8-34H,35H2,1-7H3. The second kappa shape index (κ2) is 13.6. The smallest absolute Gasteiger partial charge is 0.269 e. The van der Waals surface area contributed by atoms with E-state index in [1.165, 1.54) is 55.5 Å². The van der Waals surface area contributed by atoms with E-state index in [1.54, 1.807) is 0 Å². The van der Waals surface area contributed by atoms with Crippen molar-refractivity contribution < 1.29 is 9.30 Å². The van der Waals surface area contributed by atoms with Crippen LogP contribution in [0.5, 0.6) is 11.5 Å². The summed E-state index contributed by atoms with van der Waals surface area (Å²) in [6.07, 6.45) is 6.91. The molecule has 3 aromatic heterocycles. The molecular formula is C59H50N4O. The first-order chi connectivity index (χ1) is 30.9. The Balaban J connectivity index is 1.01. The maximum Gasteiger partial charge on any atom is 0.269 e. The van der Waals surface area contributed by atoms with Crippen LogP contribution in [-0.4, -0.2) is 14.1 Å². The molecule has 0 atom stereocenters. The van der Waals surface area contributed by atoms with E-state index in [1.807, 2.05) is 12.3 Å². The summed E-state index contributed by atoms with van der Waals surface area (Å²) in [5, 5.41) is 2.34. The Morgan fingerprint density at radius 1 is 0.594 bits per heavy atom. The lowest BCUT2D eigenvalue weighted by Gasteiger charge is -2.26. The molecule has 0 unspecified atom stereocenters. The number of ether oxygens (including phenoxy) is 1. The summed E-state index contributed by atoms with van der Waals surface area (Å²) >= 11 is 0. The van der Waals surface area contributed by atoms with Crippen molar-refractivity contribution in [1.82, 2.24) is 14.1 Å². The SMILES string of the molecule is CC(C)(C)c1ccnc(-n2c3ccccc3c3ccc(Oc4cccc(-n5[c-][n+]6c7c(cccc75)-c5ccccc5-c5c(ccc7c5C(C)(C)CC7(C)C)-c5ccccc5-6)c4)cc32)c1. The van der Waals surface area contributed by atoms with E-state index in [2.05, 4.69) is 220 Å². The molecule has 12 rings (SSSR count). The van der Waals surface area contributed by atoms with Crippen LogP contribution in [0.25, 0.3) is 83.4 Å². The van der Waals surface area contributed by atoms with Crippen molar-refractivity contribution in [2.45, 2.75) is 71.1 Å². The monoisotopic (exact) mass is 830 g/mol. The summed E-state index contributed by atoms with van der Waals surface area (Å²) in [6, 6.07) is 57.0. The molecule has 1 aliphatic heterocycles. The molecule has 0 bridgehead atoms. The van der Waals surface area contributed by atoms with Gasteiger partial charge in [0.05, 0.1) is 33.4 Å². The van der Waals surface area contributed by atoms with Gasteiger partial charge in [-0.05, 0) is 127 Å². The van der Waals surface area contributed by atoms with Gasteiger partial charge in [0.1, 0.15) is 17.3 Å². The van der Waals surface area contributed by atoms with E-state index in [-0.39, 0.29) is 16.2 Å². The number of nitrogens with zero attached hydrogens (tertiary/aromatic N) is 4. The minimum absolute atomic E-state index is 0.00326. The molecular weight excluding hydrogens is 781 g/mol. The third kappa shape index (κ3) is 5.76. The molecule has 0 radical (unpaired) electrons. The van der Waals surface area contributed by atoms with E-state index in [0.29, 0.717) is 0 Å². The van der Waals surface area contributed by atoms with Crippen LogP contribution >= 0.6 is 0 Å². The molecule has 0 saturated heterocycles. The number of fused-ring (bicyclic) bond motifs is 12. The van der Waals surface area contributed by atoms with Crippen LogP contribution in [0.1, 0.15) is 71.6 Å². The van der Waals surface area contributed by atoms with Gasteiger partial charge < -0.3 is 4.74 Å². The van der Waals surface area contributed by atoms with Crippen molar-refractivity contribution >= 4 is 32.8 Å². The zero-order valence-electron chi connectivity index (χ0n) is 37.5. The maximum atomic E-state index is 6.79. The van der Waals surface area contributed by atoms with Crippen LogP contribution in [0.15, 0.2) is 164 Å². The third-order valence-electron chi connectivity index (χ3n) is 13.9. The lowest BCUT2D eigenvalue weighted by atomic mass is 9.77. The second-order valence-electron chi connectivity index (χ2n) is 20.1. The first-order valence-electron chi connectivity index (χ1n) is 22.5. The van der Waals surface area contributed by atoms with Gasteiger partial charge in [-0.2, -0.15) is 0 Å². The van der Waals surface area contributed by atoms with Crippen molar-refractivity contribution in [3.05, 3.63) is 187 Å². The zero-order valence-corrected chi connectivity index (χ0v) is 37.5. The largest absolute Gasteiger partial charge is 0.458 e. The maximum absolute atomic E-state index is 6.79. The minimum atomic E-state index is -0.0110. The number of hydrogen-bond acceptors (Lipinski definition) is 2. The second-order valence-corrected chi connectivity index (χ2v) is 20.1. The number of para-hydroxylation sites is 3. The first-order valence-corrected chi connectivity index (χ1v) is 22.5. The summed E-state index contributed by atoms with van der Waals surface area (Å²) in [6.45, 7) is 16.4. The van der Waals surface area contributed by atoms with Gasteiger partial charge in [-0.1, -0.05) is 146 Å². The lowest BCUT2D eigenvalue weighted by molar-refractivity contribution is -0.571. The molecule has 5 nitrogen and oxygen atoms in total. The molecule has 0 N–H and O–H groups in total. The fraction of sp³-hybridized carbons (Fsp3) is 0.186. The van der Waals surface area contributed by atoms with E-state index in [9.17, 15) is 0 Å². The summed E-state index contributed by atoms with van der Waals surface area (Å²) in [5.41, 5.74) is 18.1. The van der Waals surface area contributed by atoms with Crippen molar-refractivity contribution in [3.63, 3.8) is 0 Å². The Bertz CT molecular complexity index is 3560. The Hall–Kier alpha value is -7.24. The van der Waals surface area contributed by atoms with Crippen LogP contribution in [0, 0.1) is 6.33 Å². The predicted molar refractivity (Wildman–Crippen MR) is 262 cm³/mol. The molecule has 5 heteroatoms. The highest BCUT2D eigenvalue weighted by Gasteiger charge is 2.44. The van der Waals surface area contributed by atoms with Crippen molar-refractivity contribution in [2.75, 3.05) is 0 Å². The van der Waals surface area contributed by atoms with Gasteiger partial charge in [0, 0.05) is 23.0 Å². The molecule has 312 valence electrons. The van der Waals surface area contributed by atoms with Gasteiger partial charge in [0.2, 0.25) is 0 Å². The average Bonchev–Trinajstić information content (AvgIpc) is 3.91. The number of hydrogen-bond donors (Lipinski definition) is 0. The molecule has 4 heterocycles. The fourth-order valence-electron chi connectivity index (χ4n) is 11.3. The van der Waals surface area contributed by atoms with Gasteiger partial charge in [-0.25, -0.2) is 4.98 Å². The number of rotatable bonds is 4. The predicted octanol–water partition coefficient (Wildman–Crippen LogP) is 14.6. The van der Waals surface area contributed by atoms with Gasteiger partial charge in [0.15, 0.2) is 0 Å². The topological polar surface area (TPSA) is 35.9 Å². The normalized spacial score (nSPS) is 14.7. The number of benzene rings is 7. The fourth-order valence-corrected chi connectivity index (χ4v) is 11.3. The van der Waals surface area contributed by atoms with Gasteiger partial charge in [-0.3, -0.25) is 13.7 Å². The zero-order chi connectivity index (χ0) is 43.7. The quantitative estimate of drug-likeness (QED) is 0.131. The lowest BCUT2D eigenvalue weighted by Crippen LogP contribution is -2.30. The Kier molecular flexibility index (Phi) is 8.19. The summed E-state index contributed by atoms with van der Waals surface area (Å²) in [5.74, 6) is 2.39. The molecule has 0 amide bonds. The number of aromatic nitrogens is 4. The molecule has 10 aromatic rings. The number of imidazole rings is 1. The average molecular weight is 831 g/mol. The van der Waals surface area contributed by atoms with Crippen LogP contribution in [0.2, 0.25) is 0 Å². The van der Waals surface area contributed by atoms with Gasteiger partial charge in [0.25, 0.3) is 6.33 Å². The molecule has 0 fully saturated rings. The molecule has 7 aromatic carbocycles. The van der Waals surface area contributed by atoms with Crippen LogP contribution in [0.4, 0.5) is 0 Å². The molecule has 0 spiro atoms. The Morgan fingerprint density at radius 3 is 2.14 bits per heavy atom. The van der Waals surface area contributed by atoms with E-state index >= 15 is 0 Å². The van der Waals surface area contributed by atoms with E-state index in [4.69, 9.17) is 9.72 Å². The highest BCUT2D eigenvalue weighted by atomic mass is 16.5. The van der Waals surface area contributed by atoms with Crippen LogP contribution in [0.3, 0.4) is 0 Å². The first kappa shape index (κ1) is 38.4. The molecule has 1 aliphatic carbocycles. The molecule has 0 saturated carbocycles. The highest BCUT2D eigenvalue weighted by molar-refractivity contribution is 6.09. The summed E-state index contributed by atoms with van der Waals surface area (Å²) in [4.78, 5) is 4.89. The highest BCUT2D eigenvalue weighted by Crippen LogP contribution is 2.56. The Morgan fingerprint density at radius 2 is 1.30 bits per heavy atom. The van der Waals surface area contributed by atoms with E-state index < -0.39 is 0 Å². The van der Waals surface area contributed by atoms with Crippen molar-refractivity contribution in [2.24, 2.45) is 0 Å². The van der Waals surface area contributed by atoms with Gasteiger partial charge in [-0.15, -0.1) is 0 Å².